The topological polar surface area (TPSA) is 173 Å². The monoisotopic (exact) mass is 539 g/mol. The van der Waals surface area contributed by atoms with Crippen LogP contribution < -0.4 is 10.6 Å². The number of nitrogens with zero attached hydrogens (tertiary/aromatic N) is 1. The number of hydrogen-bond donors (Lipinski definition) is 4. The van der Waals surface area contributed by atoms with Crippen molar-refractivity contribution in [2.45, 2.75) is 110 Å². The largest absolute Gasteiger partial charge is 0.506 e. The molecule has 1 heterocycles. The highest BCUT2D eigenvalue weighted by molar-refractivity contribution is 5.82. The number of pyridine rings is 1. The molecule has 2 unspecified atom stereocenters. The number of aryl methyl sites for hydroxylation is 1. The summed E-state index contributed by atoms with van der Waals surface area (Å²) in [5, 5.41) is 25.0. The van der Waals surface area contributed by atoms with E-state index >= 15 is 0 Å². The Balaban J connectivity index is 3.18. The molecular formula is C26H41N3O9. The van der Waals surface area contributed by atoms with Crippen molar-refractivity contribution >= 4 is 24.1 Å². The van der Waals surface area contributed by atoms with Crippen molar-refractivity contribution in [2.75, 3.05) is 0 Å². The van der Waals surface area contributed by atoms with E-state index in [1.807, 2.05) is 0 Å². The minimum Gasteiger partial charge on any atom is -0.506 e. The number of carboxylic acid groups (broad SMARTS) is 1. The van der Waals surface area contributed by atoms with Crippen LogP contribution in [0.15, 0.2) is 12.4 Å². The molecule has 0 aliphatic carbocycles. The van der Waals surface area contributed by atoms with Crippen LogP contribution in [-0.2, 0) is 36.6 Å². The molecular weight excluding hydrogens is 498 g/mol. The van der Waals surface area contributed by atoms with Gasteiger partial charge in [-0.05, 0) is 80.7 Å². The summed E-state index contributed by atoms with van der Waals surface area (Å²) in [6.07, 6.45) is 0.671. The van der Waals surface area contributed by atoms with Crippen LogP contribution in [0.1, 0.15) is 79.9 Å². The van der Waals surface area contributed by atoms with Crippen molar-refractivity contribution in [3.8, 4) is 5.75 Å². The van der Waals surface area contributed by atoms with Crippen LogP contribution in [0, 0.1) is 0 Å². The number of aliphatic carboxylic acids is 1. The van der Waals surface area contributed by atoms with Gasteiger partial charge in [0.05, 0.1) is 6.20 Å². The molecule has 0 saturated heterocycles. The van der Waals surface area contributed by atoms with Gasteiger partial charge in [0.25, 0.3) is 0 Å². The van der Waals surface area contributed by atoms with Crippen molar-refractivity contribution in [3.63, 3.8) is 0 Å². The molecule has 214 valence electrons. The van der Waals surface area contributed by atoms with Gasteiger partial charge in [0, 0.05) is 18.2 Å². The molecule has 12 heteroatoms. The van der Waals surface area contributed by atoms with Gasteiger partial charge in [-0.15, -0.1) is 0 Å². The summed E-state index contributed by atoms with van der Waals surface area (Å²) in [7, 11) is 0. The lowest BCUT2D eigenvalue weighted by Gasteiger charge is -2.27. The number of amides is 2. The summed E-state index contributed by atoms with van der Waals surface area (Å²) in [4.78, 5) is 53.2. The fourth-order valence-electron chi connectivity index (χ4n) is 3.20. The Bertz CT molecular complexity index is 1000. The second kappa shape index (κ2) is 12.8. The van der Waals surface area contributed by atoms with E-state index in [4.69, 9.17) is 14.2 Å². The highest BCUT2D eigenvalue weighted by Crippen LogP contribution is 2.24. The Hall–Kier alpha value is -3.57. The van der Waals surface area contributed by atoms with E-state index in [2.05, 4.69) is 15.6 Å². The summed E-state index contributed by atoms with van der Waals surface area (Å²) in [5.74, 6) is -2.28. The van der Waals surface area contributed by atoms with Gasteiger partial charge < -0.3 is 35.1 Å². The number of carboxylic acids is 1. The average molecular weight is 540 g/mol. The number of alkyl carbamates (subject to hydrolysis) is 2. The molecule has 0 spiro atoms. The summed E-state index contributed by atoms with van der Waals surface area (Å²) >= 11 is 0. The second-order valence-electron chi connectivity index (χ2n) is 11.8. The highest BCUT2D eigenvalue weighted by Gasteiger charge is 2.31. The number of rotatable bonds is 9. The minimum atomic E-state index is -1.29. The third kappa shape index (κ3) is 12.6. The second-order valence-corrected chi connectivity index (χ2v) is 11.8. The van der Waals surface area contributed by atoms with Crippen LogP contribution in [0.4, 0.5) is 9.59 Å². The van der Waals surface area contributed by atoms with Gasteiger partial charge >= 0.3 is 24.1 Å². The van der Waals surface area contributed by atoms with Crippen molar-refractivity contribution in [1.82, 2.24) is 15.6 Å². The summed E-state index contributed by atoms with van der Waals surface area (Å²) in [6.45, 7) is 15.0. The standard InChI is InChI=1S/C26H41N3O9/c1-24(2,3)36-21(33)18(29-23(35)38-26(7,8)9)12-16-15(13-27-14-19(16)30)10-11-17(20(31)32)28-22(34)37-25(4,5)6/h13-14,17-18,30H,10-12H2,1-9H3,(H,28,34)(H,29,35)(H,31,32). The van der Waals surface area contributed by atoms with E-state index in [9.17, 15) is 29.4 Å². The summed E-state index contributed by atoms with van der Waals surface area (Å²) in [6, 6.07) is -2.52. The number of hydrogen-bond acceptors (Lipinski definition) is 9. The lowest BCUT2D eigenvalue weighted by atomic mass is 9.96. The maximum absolute atomic E-state index is 12.9. The molecule has 2 amide bonds. The number of aromatic hydroxyl groups is 1. The Kier molecular flexibility index (Phi) is 10.9. The first-order valence-electron chi connectivity index (χ1n) is 12.3. The molecule has 0 aliphatic rings. The molecule has 4 N–H and O–H groups in total. The third-order valence-electron chi connectivity index (χ3n) is 4.61. The predicted octanol–water partition coefficient (Wildman–Crippen LogP) is 3.48. The molecule has 0 aliphatic heterocycles. The zero-order valence-corrected chi connectivity index (χ0v) is 23.6. The van der Waals surface area contributed by atoms with E-state index in [0.717, 1.165) is 0 Å². The van der Waals surface area contributed by atoms with Crippen molar-refractivity contribution in [2.24, 2.45) is 0 Å². The van der Waals surface area contributed by atoms with Crippen molar-refractivity contribution in [1.29, 1.82) is 0 Å². The summed E-state index contributed by atoms with van der Waals surface area (Å²) in [5.41, 5.74) is -1.81. The van der Waals surface area contributed by atoms with Gasteiger partial charge in [-0.25, -0.2) is 19.2 Å². The van der Waals surface area contributed by atoms with Crippen LogP contribution in [0.25, 0.3) is 0 Å². The number of aromatic nitrogens is 1. The van der Waals surface area contributed by atoms with Gasteiger partial charge in [-0.2, -0.15) is 0 Å². The molecule has 0 saturated carbocycles. The third-order valence-corrected chi connectivity index (χ3v) is 4.61. The maximum Gasteiger partial charge on any atom is 0.408 e. The van der Waals surface area contributed by atoms with Gasteiger partial charge in [-0.3, -0.25) is 4.98 Å². The molecule has 38 heavy (non-hydrogen) atoms. The average Bonchev–Trinajstić information content (AvgIpc) is 2.68. The molecule has 0 aromatic carbocycles. The van der Waals surface area contributed by atoms with Gasteiger partial charge in [0.1, 0.15) is 34.6 Å². The van der Waals surface area contributed by atoms with Crippen LogP contribution in [0.3, 0.4) is 0 Å². The van der Waals surface area contributed by atoms with E-state index in [0.29, 0.717) is 5.56 Å². The van der Waals surface area contributed by atoms with Crippen LogP contribution >= 0.6 is 0 Å². The molecule has 12 nitrogen and oxygen atoms in total. The Morgan fingerprint density at radius 2 is 1.29 bits per heavy atom. The van der Waals surface area contributed by atoms with Crippen molar-refractivity contribution < 1.29 is 43.6 Å². The molecule has 0 fully saturated rings. The molecule has 0 radical (unpaired) electrons. The minimum absolute atomic E-state index is 0.0662. The van der Waals surface area contributed by atoms with Gasteiger partial charge in [0.2, 0.25) is 0 Å². The Morgan fingerprint density at radius 3 is 1.74 bits per heavy atom. The first-order valence-corrected chi connectivity index (χ1v) is 12.3. The zero-order chi connectivity index (χ0) is 29.5. The number of nitrogens with one attached hydrogen (secondary N) is 2. The highest BCUT2D eigenvalue weighted by atomic mass is 16.6. The Labute approximate surface area is 223 Å². The number of esters is 1. The lowest BCUT2D eigenvalue weighted by Crippen LogP contribution is -2.47. The molecule has 1 aromatic rings. The number of ether oxygens (including phenoxy) is 3. The molecule has 2 atom stereocenters. The first-order chi connectivity index (χ1) is 17.2. The van der Waals surface area contributed by atoms with Crippen molar-refractivity contribution in [3.05, 3.63) is 23.5 Å². The fourth-order valence-corrected chi connectivity index (χ4v) is 3.20. The quantitative estimate of drug-likeness (QED) is 0.269. The number of carbonyl (C=O) groups is 4. The van der Waals surface area contributed by atoms with Gasteiger partial charge in [-0.1, -0.05) is 0 Å². The van der Waals surface area contributed by atoms with Gasteiger partial charge in [0.15, 0.2) is 0 Å². The lowest BCUT2D eigenvalue weighted by molar-refractivity contribution is -0.157. The van der Waals surface area contributed by atoms with E-state index in [-0.39, 0.29) is 30.6 Å². The first kappa shape index (κ1) is 32.5. The van der Waals surface area contributed by atoms with Crippen LogP contribution in [0.2, 0.25) is 0 Å². The normalized spacial score (nSPS) is 13.6. The molecule has 0 bridgehead atoms. The number of carbonyl (C=O) groups excluding carboxylic acids is 3. The maximum atomic E-state index is 12.9. The fraction of sp³-hybridized carbons (Fsp3) is 0.654. The zero-order valence-electron chi connectivity index (χ0n) is 23.6. The molecule has 1 rings (SSSR count). The Morgan fingerprint density at radius 1 is 0.816 bits per heavy atom. The smallest absolute Gasteiger partial charge is 0.408 e. The van der Waals surface area contributed by atoms with Crippen LogP contribution in [-0.4, -0.2) is 68.2 Å². The predicted molar refractivity (Wildman–Crippen MR) is 138 cm³/mol. The SMILES string of the molecule is CC(C)(C)OC(=O)NC(CCc1cncc(O)c1CC(NC(=O)OC(C)(C)C)C(=O)OC(C)(C)C)C(=O)O. The van der Waals surface area contributed by atoms with Crippen LogP contribution in [0.5, 0.6) is 5.75 Å². The van der Waals surface area contributed by atoms with E-state index in [1.165, 1.54) is 12.4 Å². The van der Waals surface area contributed by atoms with E-state index in [1.54, 1.807) is 62.3 Å². The van der Waals surface area contributed by atoms with E-state index < -0.39 is 53.0 Å². The molecule has 1 aromatic heterocycles. The summed E-state index contributed by atoms with van der Waals surface area (Å²) < 4.78 is 15.9.